The lowest BCUT2D eigenvalue weighted by Gasteiger charge is -2.34. The van der Waals surface area contributed by atoms with Crippen LogP contribution < -0.4 is 21.2 Å². The van der Waals surface area contributed by atoms with Gasteiger partial charge in [-0.3, -0.25) is 0 Å². The number of benzene rings is 4. The summed E-state index contributed by atoms with van der Waals surface area (Å²) in [5.74, 6) is -2.00. The fourth-order valence-corrected chi connectivity index (χ4v) is 11.1. The number of hydrogen-bond acceptors (Lipinski definition) is 1. The van der Waals surface area contributed by atoms with Gasteiger partial charge in [-0.2, -0.15) is 2.65 Å². The first-order valence-corrected chi connectivity index (χ1v) is 13.1. The molecule has 32 heavy (non-hydrogen) atoms. The van der Waals surface area contributed by atoms with Crippen molar-refractivity contribution in [2.24, 2.45) is 0 Å². The maximum absolute atomic E-state index is 15.0. The third kappa shape index (κ3) is 4.74. The molecule has 0 fully saturated rings. The molecule has 0 aliphatic carbocycles. The van der Waals surface area contributed by atoms with Crippen molar-refractivity contribution >= 4 is 60.2 Å². The summed E-state index contributed by atoms with van der Waals surface area (Å²) in [6, 6.07) is 24.5. The Morgan fingerprint density at radius 3 is 0.875 bits per heavy atom. The number of rotatable bonds is 6. The quantitative estimate of drug-likeness (QED) is 0.112. The van der Waals surface area contributed by atoms with Gasteiger partial charge in [0.2, 0.25) is 0 Å². The molecular weight excluding hydrogens is 567 g/mol. The molecule has 0 saturated heterocycles. The van der Waals surface area contributed by atoms with E-state index in [1.165, 1.54) is 24.3 Å². The molecule has 0 spiro atoms. The maximum Gasteiger partial charge on any atom is 0.132 e. The van der Waals surface area contributed by atoms with Crippen molar-refractivity contribution < 1.29 is 17.6 Å². The molecule has 4 aromatic carbocycles. The number of halogens is 5. The van der Waals surface area contributed by atoms with Crippen molar-refractivity contribution in [3.05, 3.63) is 120 Å². The third-order valence-corrected chi connectivity index (χ3v) is 12.3. The summed E-state index contributed by atoms with van der Waals surface area (Å²) in [5, 5.41) is 1.12. The summed E-state index contributed by atoms with van der Waals surface area (Å²) in [7, 11) is -3.60. The standard InChI is InChI=1S/C24H16F4INP2/c25-17-9-1-5-13-21(17)31(22-14-6-2-10-18(22)26)30(29)32(23-15-7-3-11-19(23)27)24-16-8-4-12-20(24)28/h1-16H. The Balaban J connectivity index is 1.96. The van der Waals surface area contributed by atoms with E-state index in [4.69, 9.17) is 0 Å². The van der Waals surface area contributed by atoms with Crippen LogP contribution in [0.3, 0.4) is 0 Å². The van der Waals surface area contributed by atoms with Crippen LogP contribution in [0, 0.1) is 23.3 Å². The number of hydrogen-bond donors (Lipinski definition) is 0. The van der Waals surface area contributed by atoms with Crippen LogP contribution in [-0.2, 0) is 0 Å². The highest BCUT2D eigenvalue weighted by molar-refractivity contribution is 14.1. The van der Waals surface area contributed by atoms with Gasteiger partial charge in [0.25, 0.3) is 0 Å². The third-order valence-electron chi connectivity index (χ3n) is 4.65. The molecule has 0 unspecified atom stereocenters. The first-order valence-electron chi connectivity index (χ1n) is 9.53. The normalized spacial score (nSPS) is 11.5. The van der Waals surface area contributed by atoms with Crippen LogP contribution in [0.25, 0.3) is 0 Å². The van der Waals surface area contributed by atoms with E-state index in [0.29, 0.717) is 0 Å². The van der Waals surface area contributed by atoms with Crippen LogP contribution in [-0.4, -0.2) is 2.65 Å². The summed E-state index contributed by atoms with van der Waals surface area (Å²) < 4.78 is 61.6. The molecule has 0 heterocycles. The van der Waals surface area contributed by atoms with Gasteiger partial charge in [-0.1, -0.05) is 48.5 Å². The average Bonchev–Trinajstić information content (AvgIpc) is 2.79. The summed E-state index contributed by atoms with van der Waals surface area (Å²) in [4.78, 5) is 0. The summed E-state index contributed by atoms with van der Waals surface area (Å²) in [5.41, 5.74) is 0. The second-order valence-corrected chi connectivity index (χ2v) is 13.5. The highest BCUT2D eigenvalue weighted by Gasteiger charge is 2.35. The van der Waals surface area contributed by atoms with Crippen molar-refractivity contribution in [1.82, 2.24) is 2.65 Å². The summed E-state index contributed by atoms with van der Waals surface area (Å²) in [6.07, 6.45) is 0. The second-order valence-electron chi connectivity index (χ2n) is 6.67. The van der Waals surface area contributed by atoms with Crippen molar-refractivity contribution in [2.75, 3.05) is 0 Å². The average molecular weight is 583 g/mol. The fourth-order valence-electron chi connectivity index (χ4n) is 3.20. The Kier molecular flexibility index (Phi) is 7.57. The summed E-state index contributed by atoms with van der Waals surface area (Å²) in [6.45, 7) is 0. The molecule has 1 nitrogen and oxygen atoms in total. The largest absolute Gasteiger partial charge is 0.206 e. The van der Waals surface area contributed by atoms with Gasteiger partial charge >= 0.3 is 0 Å². The first kappa shape index (κ1) is 23.3. The molecular formula is C24H16F4INP2. The lowest BCUT2D eigenvalue weighted by atomic mass is 10.3. The van der Waals surface area contributed by atoms with Gasteiger partial charge in [0, 0.05) is 60.2 Å². The Hall–Kier alpha value is -1.85. The molecule has 0 amide bonds. The van der Waals surface area contributed by atoms with Crippen LogP contribution >= 0.6 is 39.0 Å². The molecule has 4 aromatic rings. The minimum Gasteiger partial charge on any atom is -0.206 e. The van der Waals surface area contributed by atoms with E-state index >= 15 is 0 Å². The van der Waals surface area contributed by atoms with Crippen LogP contribution in [0.1, 0.15) is 0 Å². The van der Waals surface area contributed by atoms with Crippen molar-refractivity contribution in [1.29, 1.82) is 0 Å². The van der Waals surface area contributed by atoms with E-state index in [9.17, 15) is 17.6 Å². The molecule has 0 aliphatic rings. The van der Waals surface area contributed by atoms with Gasteiger partial charge in [-0.25, -0.2) is 17.6 Å². The Labute approximate surface area is 200 Å². The van der Waals surface area contributed by atoms with Gasteiger partial charge in [0.1, 0.15) is 23.3 Å². The molecule has 0 aromatic heterocycles. The van der Waals surface area contributed by atoms with Crippen LogP contribution in [0.2, 0.25) is 0 Å². The molecule has 0 radical (unpaired) electrons. The zero-order valence-corrected chi connectivity index (χ0v) is 20.4. The zero-order chi connectivity index (χ0) is 22.7. The topological polar surface area (TPSA) is 3.24 Å². The van der Waals surface area contributed by atoms with Gasteiger partial charge in [-0.15, -0.1) is 0 Å². The Bertz CT molecular complexity index is 1050. The van der Waals surface area contributed by atoms with Crippen LogP contribution in [0.4, 0.5) is 17.6 Å². The Morgan fingerprint density at radius 2 is 0.656 bits per heavy atom. The minimum absolute atomic E-state index is 0.280. The SMILES string of the molecule is Fc1ccccc1P(c1ccccc1F)N(I)P(c1ccccc1F)c1ccccc1F. The zero-order valence-electron chi connectivity index (χ0n) is 16.5. The summed E-state index contributed by atoms with van der Waals surface area (Å²) >= 11 is 1.97. The lowest BCUT2D eigenvalue weighted by molar-refractivity contribution is 0.633. The molecule has 8 heteroatoms. The van der Waals surface area contributed by atoms with Gasteiger partial charge in [0.05, 0.1) is 0 Å². The van der Waals surface area contributed by atoms with Crippen LogP contribution in [0.15, 0.2) is 97.1 Å². The van der Waals surface area contributed by atoms with Crippen molar-refractivity contribution in [3.8, 4) is 0 Å². The lowest BCUT2D eigenvalue weighted by Crippen LogP contribution is -2.30. The Morgan fingerprint density at radius 1 is 0.438 bits per heavy atom. The molecule has 0 atom stereocenters. The van der Waals surface area contributed by atoms with Crippen LogP contribution in [0.5, 0.6) is 0 Å². The van der Waals surface area contributed by atoms with E-state index in [1.807, 2.05) is 22.9 Å². The first-order chi connectivity index (χ1) is 15.5. The molecule has 162 valence electrons. The van der Waals surface area contributed by atoms with Gasteiger partial charge < -0.3 is 0 Å². The van der Waals surface area contributed by atoms with E-state index in [2.05, 4.69) is 0 Å². The van der Waals surface area contributed by atoms with Gasteiger partial charge in [-0.05, 0) is 48.5 Å². The molecule has 0 N–H and O–H groups in total. The molecule has 4 rings (SSSR count). The molecule has 0 bridgehead atoms. The highest BCUT2D eigenvalue weighted by atomic mass is 127. The molecule has 0 saturated carbocycles. The van der Waals surface area contributed by atoms with Crippen molar-refractivity contribution in [3.63, 3.8) is 0 Å². The fraction of sp³-hybridized carbons (Fsp3) is 0. The monoisotopic (exact) mass is 583 g/mol. The van der Waals surface area contributed by atoms with Gasteiger partial charge in [0.15, 0.2) is 0 Å². The van der Waals surface area contributed by atoms with E-state index < -0.39 is 39.4 Å². The van der Waals surface area contributed by atoms with E-state index in [1.54, 1.807) is 75.5 Å². The van der Waals surface area contributed by atoms with E-state index in [0.717, 1.165) is 0 Å². The smallest absolute Gasteiger partial charge is 0.132 e. The van der Waals surface area contributed by atoms with E-state index in [-0.39, 0.29) is 21.2 Å². The number of nitrogens with zero attached hydrogens (tertiary/aromatic N) is 1. The minimum atomic E-state index is -1.80. The maximum atomic E-state index is 15.0. The predicted octanol–water partition coefficient (Wildman–Crippen LogP) is 6.29. The molecule has 0 aliphatic heterocycles. The predicted molar refractivity (Wildman–Crippen MR) is 134 cm³/mol. The van der Waals surface area contributed by atoms with Crippen molar-refractivity contribution in [2.45, 2.75) is 0 Å². The highest BCUT2D eigenvalue weighted by Crippen LogP contribution is 2.58. The second kappa shape index (κ2) is 10.4.